The normalized spacial score (nSPS) is 11.1. The topological polar surface area (TPSA) is 23.5 Å². The first-order valence-corrected chi connectivity index (χ1v) is 7.60. The van der Waals surface area contributed by atoms with Crippen molar-refractivity contribution in [2.75, 3.05) is 14.1 Å². The molecule has 0 saturated heterocycles. The fourth-order valence-electron chi connectivity index (χ4n) is 1.98. The summed E-state index contributed by atoms with van der Waals surface area (Å²) < 4.78 is 0. The van der Waals surface area contributed by atoms with Gasteiger partial charge in [-0.1, -0.05) is 47.6 Å². The molecule has 0 saturated carbocycles. The van der Waals surface area contributed by atoms with Gasteiger partial charge in [0.15, 0.2) is 0 Å². The Hall–Kier alpha value is -1.00. The van der Waals surface area contributed by atoms with Gasteiger partial charge in [0, 0.05) is 26.9 Å². The number of hydrogen-bond donors (Lipinski definition) is 1. The lowest BCUT2D eigenvalue weighted by molar-refractivity contribution is 0.279. The third-order valence-electron chi connectivity index (χ3n) is 2.91. The van der Waals surface area contributed by atoms with Crippen molar-refractivity contribution in [2.45, 2.75) is 22.9 Å². The highest BCUT2D eigenvalue weighted by atomic mass is 35.5. The van der Waals surface area contributed by atoms with E-state index in [0.29, 0.717) is 5.02 Å². The molecule has 0 heterocycles. The van der Waals surface area contributed by atoms with Crippen molar-refractivity contribution in [3.63, 3.8) is 0 Å². The molecule has 2 aromatic rings. The summed E-state index contributed by atoms with van der Waals surface area (Å²) in [5.74, 6) is 0. The molecule has 2 nitrogen and oxygen atoms in total. The van der Waals surface area contributed by atoms with E-state index in [4.69, 9.17) is 11.6 Å². The molecular formula is C16H18ClNOS. The lowest BCUT2D eigenvalue weighted by Crippen LogP contribution is -2.11. The van der Waals surface area contributed by atoms with Crippen molar-refractivity contribution >= 4 is 23.4 Å². The van der Waals surface area contributed by atoms with Gasteiger partial charge in [-0.05, 0) is 37.9 Å². The molecule has 0 spiro atoms. The van der Waals surface area contributed by atoms with E-state index in [1.165, 1.54) is 10.5 Å². The van der Waals surface area contributed by atoms with Gasteiger partial charge in [-0.2, -0.15) is 0 Å². The van der Waals surface area contributed by atoms with Crippen molar-refractivity contribution in [2.24, 2.45) is 0 Å². The number of halogens is 1. The second-order valence-electron chi connectivity index (χ2n) is 4.82. The van der Waals surface area contributed by atoms with Crippen LogP contribution in [0.25, 0.3) is 0 Å². The second-order valence-corrected chi connectivity index (χ2v) is 6.31. The van der Waals surface area contributed by atoms with Crippen LogP contribution in [-0.2, 0) is 13.2 Å². The molecule has 4 heteroatoms. The highest BCUT2D eigenvalue weighted by Crippen LogP contribution is 2.35. The van der Waals surface area contributed by atoms with Gasteiger partial charge in [-0.25, -0.2) is 0 Å². The van der Waals surface area contributed by atoms with E-state index in [9.17, 15) is 5.11 Å². The Morgan fingerprint density at radius 2 is 1.75 bits per heavy atom. The standard InChI is InChI=1S/C16H18ClNOS/c1-18(2)10-12-6-3-4-8-15(12)20-16-9-5-7-14(17)13(16)11-19/h3-9,19H,10-11H2,1-2H3. The Bertz CT molecular complexity index is 586. The molecule has 0 aliphatic carbocycles. The minimum atomic E-state index is -0.0438. The molecule has 0 radical (unpaired) electrons. The number of hydrogen-bond acceptors (Lipinski definition) is 3. The lowest BCUT2D eigenvalue weighted by atomic mass is 10.2. The predicted molar refractivity (Wildman–Crippen MR) is 85.3 cm³/mol. The highest BCUT2D eigenvalue weighted by molar-refractivity contribution is 7.99. The van der Waals surface area contributed by atoms with Crippen LogP contribution in [0.3, 0.4) is 0 Å². The van der Waals surface area contributed by atoms with Crippen molar-refractivity contribution in [3.8, 4) is 0 Å². The number of aliphatic hydroxyl groups excluding tert-OH is 1. The minimum Gasteiger partial charge on any atom is -0.392 e. The fraction of sp³-hybridized carbons (Fsp3) is 0.250. The van der Waals surface area contributed by atoms with E-state index < -0.39 is 0 Å². The molecule has 0 aliphatic rings. The van der Waals surface area contributed by atoms with E-state index in [1.807, 2.05) is 30.3 Å². The summed E-state index contributed by atoms with van der Waals surface area (Å²) in [5.41, 5.74) is 2.06. The SMILES string of the molecule is CN(C)Cc1ccccc1Sc1cccc(Cl)c1CO. The van der Waals surface area contributed by atoms with Crippen molar-refractivity contribution in [1.29, 1.82) is 0 Å². The molecule has 0 aliphatic heterocycles. The molecule has 0 bridgehead atoms. The van der Waals surface area contributed by atoms with Crippen molar-refractivity contribution < 1.29 is 5.11 Å². The third kappa shape index (κ3) is 3.76. The highest BCUT2D eigenvalue weighted by Gasteiger charge is 2.10. The monoisotopic (exact) mass is 307 g/mol. The second kappa shape index (κ2) is 7.14. The molecule has 20 heavy (non-hydrogen) atoms. The summed E-state index contributed by atoms with van der Waals surface area (Å²) in [5, 5.41) is 10.1. The van der Waals surface area contributed by atoms with Gasteiger partial charge < -0.3 is 10.0 Å². The summed E-state index contributed by atoms with van der Waals surface area (Å²) in [7, 11) is 4.11. The van der Waals surface area contributed by atoms with Crippen LogP contribution in [0.1, 0.15) is 11.1 Å². The largest absolute Gasteiger partial charge is 0.392 e. The van der Waals surface area contributed by atoms with E-state index >= 15 is 0 Å². The molecular weight excluding hydrogens is 290 g/mol. The van der Waals surface area contributed by atoms with Crippen LogP contribution < -0.4 is 0 Å². The van der Waals surface area contributed by atoms with Crippen LogP contribution >= 0.6 is 23.4 Å². The van der Waals surface area contributed by atoms with Crippen LogP contribution in [0.4, 0.5) is 0 Å². The zero-order valence-electron chi connectivity index (χ0n) is 11.6. The van der Waals surface area contributed by atoms with Crippen LogP contribution in [-0.4, -0.2) is 24.1 Å². The van der Waals surface area contributed by atoms with Gasteiger partial charge in [0.25, 0.3) is 0 Å². The zero-order chi connectivity index (χ0) is 14.5. The Morgan fingerprint density at radius 1 is 1.05 bits per heavy atom. The first kappa shape index (κ1) is 15.4. The summed E-state index contributed by atoms with van der Waals surface area (Å²) in [6, 6.07) is 14.0. The molecule has 0 amide bonds. The smallest absolute Gasteiger partial charge is 0.0707 e. The molecule has 1 N–H and O–H groups in total. The quantitative estimate of drug-likeness (QED) is 0.901. The molecule has 106 valence electrons. The summed E-state index contributed by atoms with van der Waals surface area (Å²) in [6.07, 6.45) is 0. The average molecular weight is 308 g/mol. The van der Waals surface area contributed by atoms with Crippen LogP contribution in [0, 0.1) is 0 Å². The molecule has 2 rings (SSSR count). The fourth-order valence-corrected chi connectivity index (χ4v) is 3.36. The summed E-state index contributed by atoms with van der Waals surface area (Å²) in [4.78, 5) is 4.34. The van der Waals surface area contributed by atoms with Crippen LogP contribution in [0.15, 0.2) is 52.3 Å². The zero-order valence-corrected chi connectivity index (χ0v) is 13.2. The van der Waals surface area contributed by atoms with Crippen molar-refractivity contribution in [1.82, 2.24) is 4.90 Å². The number of rotatable bonds is 5. The van der Waals surface area contributed by atoms with E-state index in [1.54, 1.807) is 11.8 Å². The Labute approximate surface area is 129 Å². The van der Waals surface area contributed by atoms with Crippen LogP contribution in [0.2, 0.25) is 5.02 Å². The Morgan fingerprint density at radius 3 is 2.45 bits per heavy atom. The third-order valence-corrected chi connectivity index (χ3v) is 4.49. The van der Waals surface area contributed by atoms with Gasteiger partial charge >= 0.3 is 0 Å². The number of aliphatic hydroxyl groups is 1. The summed E-state index contributed by atoms with van der Waals surface area (Å²) >= 11 is 7.79. The minimum absolute atomic E-state index is 0.0438. The predicted octanol–water partition coefficient (Wildman–Crippen LogP) is 4.05. The van der Waals surface area contributed by atoms with E-state index in [0.717, 1.165) is 17.0 Å². The van der Waals surface area contributed by atoms with E-state index in [-0.39, 0.29) is 6.61 Å². The van der Waals surface area contributed by atoms with Crippen molar-refractivity contribution in [3.05, 3.63) is 58.6 Å². The van der Waals surface area contributed by atoms with Crippen LogP contribution in [0.5, 0.6) is 0 Å². The van der Waals surface area contributed by atoms with Gasteiger partial charge in [0.1, 0.15) is 0 Å². The lowest BCUT2D eigenvalue weighted by Gasteiger charge is -2.15. The van der Waals surface area contributed by atoms with Gasteiger partial charge in [0.05, 0.1) is 6.61 Å². The summed E-state index contributed by atoms with van der Waals surface area (Å²) in [6.45, 7) is 0.843. The average Bonchev–Trinajstić information content (AvgIpc) is 2.41. The molecule has 0 unspecified atom stereocenters. The molecule has 2 aromatic carbocycles. The van der Waals surface area contributed by atoms with Gasteiger partial charge in [-0.15, -0.1) is 0 Å². The maximum atomic E-state index is 9.49. The first-order chi connectivity index (χ1) is 9.61. The van der Waals surface area contributed by atoms with Gasteiger partial charge in [-0.3, -0.25) is 0 Å². The molecule has 0 atom stereocenters. The number of benzene rings is 2. The first-order valence-electron chi connectivity index (χ1n) is 6.40. The Kier molecular flexibility index (Phi) is 5.49. The maximum absolute atomic E-state index is 9.49. The molecule has 0 aromatic heterocycles. The molecule has 0 fully saturated rings. The van der Waals surface area contributed by atoms with Gasteiger partial charge in [0.2, 0.25) is 0 Å². The number of nitrogens with zero attached hydrogens (tertiary/aromatic N) is 1. The maximum Gasteiger partial charge on any atom is 0.0707 e. The Balaban J connectivity index is 2.33. The van der Waals surface area contributed by atoms with E-state index in [2.05, 4.69) is 31.1 Å².